The Kier molecular flexibility index (Phi) is 4.02. The second-order valence-corrected chi connectivity index (χ2v) is 6.80. The first-order chi connectivity index (χ1) is 11.7. The molecule has 2 fully saturated rings. The first-order valence-corrected chi connectivity index (χ1v) is 8.57. The number of rotatable bonds is 3. The van der Waals surface area contributed by atoms with Crippen molar-refractivity contribution in [2.24, 2.45) is 5.92 Å². The highest BCUT2D eigenvalue weighted by atomic mass is 16.5. The van der Waals surface area contributed by atoms with Crippen LogP contribution >= 0.6 is 0 Å². The summed E-state index contributed by atoms with van der Waals surface area (Å²) in [5.41, 5.74) is 1.98. The molecule has 0 radical (unpaired) electrons. The second-order valence-electron chi connectivity index (χ2n) is 6.80. The first-order valence-electron chi connectivity index (χ1n) is 8.57. The Hall–Kier alpha value is -2.27. The van der Waals surface area contributed by atoms with Crippen LogP contribution in [-0.4, -0.2) is 48.3 Å². The maximum Gasteiger partial charge on any atom is 0.325 e. The fraction of sp³-hybridized carbons (Fsp3) is 0.421. The molecule has 0 spiro atoms. The normalized spacial score (nSPS) is 25.5. The van der Waals surface area contributed by atoms with E-state index in [1.165, 1.54) is 19.5 Å². The molecule has 1 aromatic heterocycles. The van der Waals surface area contributed by atoms with E-state index in [0.29, 0.717) is 0 Å². The molecule has 2 bridgehead atoms. The molecule has 1 aromatic carbocycles. The first kappa shape index (κ1) is 15.3. The molecule has 3 atom stereocenters. The molecule has 1 N–H and O–H groups in total. The third kappa shape index (κ3) is 2.91. The largest absolute Gasteiger partial charge is 0.496 e. The average molecular weight is 325 g/mol. The van der Waals surface area contributed by atoms with E-state index in [1.807, 2.05) is 42.7 Å². The number of carbonyl (C=O) groups is 1. The van der Waals surface area contributed by atoms with Crippen LogP contribution in [0.3, 0.4) is 0 Å². The van der Waals surface area contributed by atoms with Crippen LogP contribution in [0.2, 0.25) is 0 Å². The van der Waals surface area contributed by atoms with Gasteiger partial charge in [0.2, 0.25) is 0 Å². The van der Waals surface area contributed by atoms with Crippen molar-refractivity contribution in [1.29, 1.82) is 0 Å². The van der Waals surface area contributed by atoms with Crippen molar-refractivity contribution in [2.45, 2.75) is 18.9 Å². The van der Waals surface area contributed by atoms with Crippen molar-refractivity contribution in [3.63, 3.8) is 0 Å². The molecule has 4 rings (SSSR count). The summed E-state index contributed by atoms with van der Waals surface area (Å²) < 4.78 is 7.04. The molecule has 2 saturated heterocycles. The van der Waals surface area contributed by atoms with Gasteiger partial charge in [0, 0.05) is 42.7 Å². The van der Waals surface area contributed by atoms with E-state index in [9.17, 15) is 4.79 Å². The van der Waals surface area contributed by atoms with Gasteiger partial charge in [-0.2, -0.15) is 0 Å². The zero-order valence-electron chi connectivity index (χ0n) is 13.9. The zero-order valence-corrected chi connectivity index (χ0v) is 13.9. The van der Waals surface area contributed by atoms with E-state index >= 15 is 0 Å². The molecule has 0 saturated carbocycles. The van der Waals surface area contributed by atoms with E-state index in [4.69, 9.17) is 4.74 Å². The predicted molar refractivity (Wildman–Crippen MR) is 93.3 cm³/mol. The van der Waals surface area contributed by atoms with Gasteiger partial charge in [0.25, 0.3) is 0 Å². The monoisotopic (exact) mass is 325 g/mol. The van der Waals surface area contributed by atoms with Gasteiger partial charge in [-0.15, -0.1) is 0 Å². The maximum atomic E-state index is 12.5. The van der Waals surface area contributed by atoms with Crippen LogP contribution in [-0.2, 0) is 0 Å². The molecule has 2 aliphatic heterocycles. The van der Waals surface area contributed by atoms with Gasteiger partial charge >= 0.3 is 6.03 Å². The number of nitrogens with zero attached hydrogens (tertiary/aromatic N) is 2. The Morgan fingerprint density at radius 3 is 2.96 bits per heavy atom. The van der Waals surface area contributed by atoms with Crippen molar-refractivity contribution in [2.75, 3.05) is 26.7 Å². The van der Waals surface area contributed by atoms with Crippen LogP contribution in [0.1, 0.15) is 12.8 Å². The molecule has 1 amide bonds. The number of hydrogen-bond acceptors (Lipinski definition) is 3. The molecule has 3 unspecified atom stereocenters. The van der Waals surface area contributed by atoms with Crippen LogP contribution in [0.15, 0.2) is 42.7 Å². The van der Waals surface area contributed by atoms with Crippen LogP contribution in [0, 0.1) is 5.92 Å². The van der Waals surface area contributed by atoms with Crippen LogP contribution in [0.25, 0.3) is 11.1 Å². The van der Waals surface area contributed by atoms with Crippen molar-refractivity contribution in [3.05, 3.63) is 42.7 Å². The summed E-state index contributed by atoms with van der Waals surface area (Å²) in [7, 11) is 1.66. The zero-order chi connectivity index (χ0) is 16.5. The minimum atomic E-state index is -0.0522. The molecule has 126 valence electrons. The van der Waals surface area contributed by atoms with Crippen LogP contribution in [0.4, 0.5) is 4.79 Å². The average Bonchev–Trinajstić information content (AvgIpc) is 3.22. The third-order valence-electron chi connectivity index (χ3n) is 5.14. The summed E-state index contributed by atoms with van der Waals surface area (Å²) in [6.45, 7) is 3.36. The Balaban J connectivity index is 1.47. The third-order valence-corrected chi connectivity index (χ3v) is 5.14. The van der Waals surface area contributed by atoms with Crippen molar-refractivity contribution in [1.82, 2.24) is 14.8 Å². The number of amides is 1. The Labute approximate surface area is 142 Å². The van der Waals surface area contributed by atoms with Gasteiger partial charge in [-0.1, -0.05) is 18.2 Å². The lowest BCUT2D eigenvalue weighted by Crippen LogP contribution is -2.47. The summed E-state index contributed by atoms with van der Waals surface area (Å²) in [4.78, 5) is 15.0. The number of piperidine rings is 1. The Morgan fingerprint density at radius 2 is 2.12 bits per heavy atom. The lowest BCUT2D eigenvalue weighted by atomic mass is 9.97. The number of fused-ring (bicyclic) bond motifs is 2. The summed E-state index contributed by atoms with van der Waals surface area (Å²) in [6.07, 6.45) is 6.05. The minimum Gasteiger partial charge on any atom is -0.496 e. The number of hydrogen-bond donors (Lipinski definition) is 1. The van der Waals surface area contributed by atoms with Gasteiger partial charge in [0.1, 0.15) is 5.75 Å². The highest BCUT2D eigenvalue weighted by Crippen LogP contribution is 2.30. The molecule has 5 heteroatoms. The SMILES string of the molecule is COc1ccccc1-c1ccn(C(=O)NC2CC3CCN(C3)C2)c1. The Morgan fingerprint density at radius 1 is 1.25 bits per heavy atom. The van der Waals surface area contributed by atoms with E-state index in [0.717, 1.165) is 35.8 Å². The lowest BCUT2D eigenvalue weighted by molar-refractivity contribution is 0.206. The van der Waals surface area contributed by atoms with Gasteiger partial charge in [0.05, 0.1) is 7.11 Å². The van der Waals surface area contributed by atoms with Crippen molar-refractivity contribution >= 4 is 6.03 Å². The second kappa shape index (κ2) is 6.32. The molecule has 5 nitrogen and oxygen atoms in total. The molecule has 0 aliphatic carbocycles. The maximum absolute atomic E-state index is 12.5. The smallest absolute Gasteiger partial charge is 0.325 e. The fourth-order valence-electron chi connectivity index (χ4n) is 3.98. The van der Waals surface area contributed by atoms with Gasteiger partial charge in [-0.25, -0.2) is 4.79 Å². The molecular weight excluding hydrogens is 302 g/mol. The number of para-hydroxylation sites is 1. The molecule has 24 heavy (non-hydrogen) atoms. The number of ether oxygens (including phenoxy) is 1. The summed E-state index contributed by atoms with van der Waals surface area (Å²) in [5.74, 6) is 1.56. The number of nitrogens with one attached hydrogen (secondary N) is 1. The molecular formula is C19H23N3O2. The molecule has 2 aliphatic rings. The summed E-state index contributed by atoms with van der Waals surface area (Å²) in [5, 5.41) is 3.18. The Bertz CT molecular complexity index is 728. The lowest BCUT2D eigenvalue weighted by Gasteiger charge is -2.30. The standard InChI is InChI=1S/C19H23N3O2/c1-24-18-5-3-2-4-17(18)15-7-9-22(12-15)19(23)20-16-10-14-6-8-21(11-14)13-16/h2-5,7,9,12,14,16H,6,8,10-11,13H2,1H3,(H,20,23). The highest BCUT2D eigenvalue weighted by Gasteiger charge is 2.33. The predicted octanol–water partition coefficient (Wildman–Crippen LogP) is 2.82. The van der Waals surface area contributed by atoms with E-state index < -0.39 is 0 Å². The quantitative estimate of drug-likeness (QED) is 0.944. The number of methoxy groups -OCH3 is 1. The van der Waals surface area contributed by atoms with Gasteiger partial charge in [-0.05, 0) is 37.4 Å². The van der Waals surface area contributed by atoms with E-state index in [1.54, 1.807) is 11.7 Å². The summed E-state index contributed by atoms with van der Waals surface area (Å²) in [6, 6.07) is 10.0. The minimum absolute atomic E-state index is 0.0522. The van der Waals surface area contributed by atoms with Gasteiger partial charge < -0.3 is 15.0 Å². The van der Waals surface area contributed by atoms with Crippen molar-refractivity contribution in [3.8, 4) is 16.9 Å². The van der Waals surface area contributed by atoms with Crippen molar-refractivity contribution < 1.29 is 9.53 Å². The highest BCUT2D eigenvalue weighted by molar-refractivity contribution is 5.80. The van der Waals surface area contributed by atoms with Crippen LogP contribution < -0.4 is 10.1 Å². The fourth-order valence-corrected chi connectivity index (χ4v) is 3.98. The number of carbonyl (C=O) groups excluding carboxylic acids is 1. The van der Waals surface area contributed by atoms with E-state index in [-0.39, 0.29) is 12.1 Å². The van der Waals surface area contributed by atoms with Gasteiger partial charge in [-0.3, -0.25) is 4.57 Å². The molecule has 3 heterocycles. The van der Waals surface area contributed by atoms with Crippen LogP contribution in [0.5, 0.6) is 5.75 Å². The number of benzene rings is 1. The van der Waals surface area contributed by atoms with Gasteiger partial charge in [0.15, 0.2) is 0 Å². The van der Waals surface area contributed by atoms with E-state index in [2.05, 4.69) is 10.2 Å². The summed E-state index contributed by atoms with van der Waals surface area (Å²) >= 11 is 0. The topological polar surface area (TPSA) is 46.5 Å². The molecule has 2 aromatic rings. The number of aromatic nitrogens is 1.